The highest BCUT2D eigenvalue weighted by Gasteiger charge is 2.42. The lowest BCUT2D eigenvalue weighted by molar-refractivity contribution is -0.139. The van der Waals surface area contributed by atoms with Gasteiger partial charge >= 0.3 is 5.97 Å². The van der Waals surface area contributed by atoms with E-state index in [1.807, 2.05) is 54.9 Å². The van der Waals surface area contributed by atoms with E-state index in [1.54, 1.807) is 19.1 Å². The number of aryl methyl sites for hydroxylation is 2. The summed E-state index contributed by atoms with van der Waals surface area (Å²) in [5.41, 5.74) is 4.34. The highest BCUT2D eigenvalue weighted by atomic mass is 16.6. The van der Waals surface area contributed by atoms with Gasteiger partial charge in [-0.15, -0.1) is 0 Å². The van der Waals surface area contributed by atoms with Crippen molar-refractivity contribution in [1.29, 1.82) is 0 Å². The Morgan fingerprint density at radius 1 is 1.13 bits per heavy atom. The third-order valence-electron chi connectivity index (χ3n) is 5.44. The standard InChI is InChI=1S/C24H25N3O3/c1-16-11-17(2)27(26-16)15-19-8-6-7-18(12-19)14-25-23(29)24(3)13-20-9-4-5-10-21(20)22(28)30-24/h4-12H,13-15H2,1-3H3,(H,25,29). The molecule has 0 aliphatic carbocycles. The maximum Gasteiger partial charge on any atom is 0.339 e. The molecule has 30 heavy (non-hydrogen) atoms. The van der Waals surface area contributed by atoms with Crippen molar-refractivity contribution in [3.05, 3.63) is 88.2 Å². The molecule has 6 nitrogen and oxygen atoms in total. The third-order valence-corrected chi connectivity index (χ3v) is 5.44. The summed E-state index contributed by atoms with van der Waals surface area (Å²) >= 11 is 0. The first-order valence-corrected chi connectivity index (χ1v) is 10.0. The number of ether oxygens (including phenoxy) is 1. The Kier molecular flexibility index (Phi) is 5.16. The van der Waals surface area contributed by atoms with Gasteiger partial charge in [-0.05, 0) is 49.6 Å². The number of carbonyl (C=O) groups excluding carboxylic acids is 2. The lowest BCUT2D eigenvalue weighted by Crippen LogP contribution is -2.51. The molecule has 1 aliphatic rings. The number of aromatic nitrogens is 2. The van der Waals surface area contributed by atoms with Crippen molar-refractivity contribution in [2.24, 2.45) is 0 Å². The van der Waals surface area contributed by atoms with E-state index in [-0.39, 0.29) is 5.91 Å². The lowest BCUT2D eigenvalue weighted by Gasteiger charge is -2.33. The molecule has 1 aromatic heterocycles. The average Bonchev–Trinajstić information content (AvgIpc) is 3.03. The summed E-state index contributed by atoms with van der Waals surface area (Å²) in [6, 6.07) is 17.3. The number of rotatable bonds is 5. The first kappa shape index (κ1) is 19.9. The van der Waals surface area contributed by atoms with E-state index in [9.17, 15) is 9.59 Å². The molecule has 1 atom stereocenters. The highest BCUT2D eigenvalue weighted by Crippen LogP contribution is 2.28. The Bertz CT molecular complexity index is 1120. The molecule has 1 amide bonds. The number of fused-ring (bicyclic) bond motifs is 1. The predicted molar refractivity (Wildman–Crippen MR) is 113 cm³/mol. The van der Waals surface area contributed by atoms with Crippen molar-refractivity contribution >= 4 is 11.9 Å². The molecule has 0 radical (unpaired) electrons. The van der Waals surface area contributed by atoms with Crippen LogP contribution in [0.2, 0.25) is 0 Å². The second kappa shape index (κ2) is 7.78. The molecule has 1 unspecified atom stereocenters. The molecule has 1 aliphatic heterocycles. The molecule has 154 valence electrons. The summed E-state index contributed by atoms with van der Waals surface area (Å²) < 4.78 is 7.47. The molecule has 2 aromatic carbocycles. The molecule has 2 heterocycles. The molecule has 0 bridgehead atoms. The maximum atomic E-state index is 12.9. The van der Waals surface area contributed by atoms with E-state index < -0.39 is 11.6 Å². The summed E-state index contributed by atoms with van der Waals surface area (Å²) in [5, 5.41) is 7.43. The lowest BCUT2D eigenvalue weighted by atomic mass is 9.89. The normalized spacial score (nSPS) is 17.9. The molecule has 6 heteroatoms. The van der Waals surface area contributed by atoms with E-state index >= 15 is 0 Å². The van der Waals surface area contributed by atoms with Crippen LogP contribution in [0.3, 0.4) is 0 Å². The highest BCUT2D eigenvalue weighted by molar-refractivity contribution is 5.97. The van der Waals surface area contributed by atoms with Gasteiger partial charge in [-0.1, -0.05) is 42.5 Å². The van der Waals surface area contributed by atoms with Crippen LogP contribution in [0.5, 0.6) is 0 Å². The van der Waals surface area contributed by atoms with Crippen LogP contribution in [0.1, 0.15) is 45.4 Å². The van der Waals surface area contributed by atoms with Crippen LogP contribution in [-0.4, -0.2) is 27.3 Å². The van der Waals surface area contributed by atoms with Crippen LogP contribution in [-0.2, 0) is 29.0 Å². The van der Waals surface area contributed by atoms with Gasteiger partial charge in [0.1, 0.15) is 0 Å². The van der Waals surface area contributed by atoms with Crippen molar-refractivity contribution in [2.45, 2.75) is 45.9 Å². The van der Waals surface area contributed by atoms with Gasteiger partial charge in [-0.3, -0.25) is 9.48 Å². The van der Waals surface area contributed by atoms with Crippen LogP contribution in [0.15, 0.2) is 54.6 Å². The second-order valence-corrected chi connectivity index (χ2v) is 8.04. The number of amides is 1. The van der Waals surface area contributed by atoms with Crippen LogP contribution >= 0.6 is 0 Å². The largest absolute Gasteiger partial charge is 0.445 e. The Labute approximate surface area is 175 Å². The van der Waals surface area contributed by atoms with Crippen molar-refractivity contribution in [3.8, 4) is 0 Å². The number of carbonyl (C=O) groups is 2. The van der Waals surface area contributed by atoms with E-state index in [0.717, 1.165) is 28.1 Å². The van der Waals surface area contributed by atoms with Crippen molar-refractivity contribution in [2.75, 3.05) is 0 Å². The fourth-order valence-corrected chi connectivity index (χ4v) is 3.87. The van der Waals surface area contributed by atoms with Gasteiger partial charge in [0.15, 0.2) is 5.60 Å². The minimum Gasteiger partial charge on any atom is -0.445 e. The van der Waals surface area contributed by atoms with E-state index in [2.05, 4.69) is 16.5 Å². The Balaban J connectivity index is 1.43. The summed E-state index contributed by atoms with van der Waals surface area (Å²) in [6.45, 7) is 6.71. The van der Waals surface area contributed by atoms with Crippen LogP contribution in [0, 0.1) is 13.8 Å². The number of esters is 1. The van der Waals surface area contributed by atoms with Crippen molar-refractivity contribution in [3.63, 3.8) is 0 Å². The van der Waals surface area contributed by atoms with Crippen molar-refractivity contribution < 1.29 is 14.3 Å². The maximum absolute atomic E-state index is 12.9. The molecular weight excluding hydrogens is 378 g/mol. The smallest absolute Gasteiger partial charge is 0.339 e. The minimum atomic E-state index is -1.22. The number of cyclic esters (lactones) is 1. The van der Waals surface area contributed by atoms with Crippen LogP contribution in [0.4, 0.5) is 0 Å². The SMILES string of the molecule is Cc1cc(C)n(Cc2cccc(CNC(=O)C3(C)Cc4ccccc4C(=O)O3)c2)n1. The number of nitrogens with one attached hydrogen (secondary N) is 1. The summed E-state index contributed by atoms with van der Waals surface area (Å²) in [7, 11) is 0. The topological polar surface area (TPSA) is 73.2 Å². The fraction of sp³-hybridized carbons (Fsp3) is 0.292. The van der Waals surface area contributed by atoms with Crippen molar-refractivity contribution in [1.82, 2.24) is 15.1 Å². The van der Waals surface area contributed by atoms with Gasteiger partial charge in [0, 0.05) is 18.7 Å². The molecule has 0 fully saturated rings. The summed E-state index contributed by atoms with van der Waals surface area (Å²) in [6.07, 6.45) is 0.360. The van der Waals surface area contributed by atoms with Gasteiger partial charge in [0.25, 0.3) is 5.91 Å². The predicted octanol–water partition coefficient (Wildman–Crippen LogP) is 3.34. The molecule has 3 aromatic rings. The van der Waals surface area contributed by atoms with Gasteiger partial charge in [0.05, 0.1) is 17.8 Å². The minimum absolute atomic E-state index is 0.297. The Morgan fingerprint density at radius 3 is 2.67 bits per heavy atom. The zero-order valence-corrected chi connectivity index (χ0v) is 17.4. The quantitative estimate of drug-likeness (QED) is 0.663. The number of nitrogens with zero attached hydrogens (tertiary/aromatic N) is 2. The van der Waals surface area contributed by atoms with Gasteiger partial charge < -0.3 is 10.1 Å². The van der Waals surface area contributed by atoms with E-state index in [0.29, 0.717) is 25.1 Å². The van der Waals surface area contributed by atoms with Gasteiger partial charge in [-0.2, -0.15) is 5.10 Å². The van der Waals surface area contributed by atoms with E-state index in [4.69, 9.17) is 4.74 Å². The molecule has 1 N–H and O–H groups in total. The molecular formula is C24H25N3O3. The molecule has 4 rings (SSSR count). The van der Waals surface area contributed by atoms with Gasteiger partial charge in [0.2, 0.25) is 0 Å². The first-order chi connectivity index (χ1) is 14.3. The second-order valence-electron chi connectivity index (χ2n) is 8.04. The Morgan fingerprint density at radius 2 is 1.90 bits per heavy atom. The van der Waals surface area contributed by atoms with Crippen LogP contribution < -0.4 is 5.32 Å². The number of hydrogen-bond donors (Lipinski definition) is 1. The molecule has 0 saturated heterocycles. The van der Waals surface area contributed by atoms with Gasteiger partial charge in [-0.25, -0.2) is 4.79 Å². The first-order valence-electron chi connectivity index (χ1n) is 10.0. The molecule has 0 saturated carbocycles. The number of benzene rings is 2. The number of hydrogen-bond acceptors (Lipinski definition) is 4. The zero-order chi connectivity index (χ0) is 21.3. The molecule has 0 spiro atoms. The average molecular weight is 403 g/mol. The van der Waals surface area contributed by atoms with Crippen LogP contribution in [0.25, 0.3) is 0 Å². The summed E-state index contributed by atoms with van der Waals surface area (Å²) in [4.78, 5) is 25.2. The van der Waals surface area contributed by atoms with E-state index in [1.165, 1.54) is 0 Å². The fourth-order valence-electron chi connectivity index (χ4n) is 3.87. The monoisotopic (exact) mass is 403 g/mol. The Hall–Kier alpha value is -3.41. The third kappa shape index (κ3) is 3.99. The summed E-state index contributed by atoms with van der Waals surface area (Å²) in [5.74, 6) is -0.754. The zero-order valence-electron chi connectivity index (χ0n) is 17.4.